The molecule has 0 spiro atoms. The first-order chi connectivity index (χ1) is 9.67. The van der Waals surface area contributed by atoms with E-state index in [1.54, 1.807) is 12.4 Å². The zero-order valence-electron chi connectivity index (χ0n) is 12.6. The van der Waals surface area contributed by atoms with Crippen molar-refractivity contribution in [1.29, 1.82) is 0 Å². The van der Waals surface area contributed by atoms with Gasteiger partial charge in [-0.15, -0.1) is 0 Å². The molecule has 2 aromatic heterocycles. The molecule has 0 aliphatic heterocycles. The topological polar surface area (TPSA) is 25.8 Å². The van der Waals surface area contributed by atoms with Crippen LogP contribution in [0.4, 0.5) is 0 Å². The molecule has 0 aliphatic rings. The normalized spacial score (nSPS) is 9.80. The summed E-state index contributed by atoms with van der Waals surface area (Å²) in [6, 6.07) is 6.17. The van der Waals surface area contributed by atoms with E-state index in [0.29, 0.717) is 0 Å². The number of rotatable bonds is 4. The average molecular weight is 291 g/mol. The van der Waals surface area contributed by atoms with Crippen molar-refractivity contribution < 1.29 is 0 Å². The molecule has 2 aromatic rings. The average Bonchev–Trinajstić information content (AvgIpc) is 2.45. The van der Waals surface area contributed by atoms with Gasteiger partial charge < -0.3 is 0 Å². The SMILES string of the molecule is CCCc1ccc(C)nc1.CCCc1ccncc1Cl. The van der Waals surface area contributed by atoms with Gasteiger partial charge in [0.2, 0.25) is 0 Å². The predicted molar refractivity (Wildman–Crippen MR) is 86.2 cm³/mol. The molecule has 0 atom stereocenters. The van der Waals surface area contributed by atoms with Crippen molar-refractivity contribution >= 4 is 11.6 Å². The highest BCUT2D eigenvalue weighted by atomic mass is 35.5. The Morgan fingerprint density at radius 1 is 1.00 bits per heavy atom. The summed E-state index contributed by atoms with van der Waals surface area (Å²) in [5, 5.41) is 0.782. The third-order valence-corrected chi connectivity index (χ3v) is 3.23. The second kappa shape index (κ2) is 9.49. The van der Waals surface area contributed by atoms with Gasteiger partial charge in [-0.25, -0.2) is 0 Å². The van der Waals surface area contributed by atoms with E-state index in [0.717, 1.165) is 30.0 Å². The summed E-state index contributed by atoms with van der Waals surface area (Å²) >= 11 is 5.84. The van der Waals surface area contributed by atoms with Gasteiger partial charge in [0.1, 0.15) is 0 Å². The molecule has 0 saturated heterocycles. The molecule has 0 unspecified atom stereocenters. The molecule has 0 aromatic carbocycles. The van der Waals surface area contributed by atoms with Gasteiger partial charge in [-0.1, -0.05) is 44.4 Å². The Hall–Kier alpha value is -1.41. The van der Waals surface area contributed by atoms with Crippen LogP contribution < -0.4 is 0 Å². The Balaban J connectivity index is 0.000000200. The highest BCUT2D eigenvalue weighted by Crippen LogP contribution is 2.14. The number of hydrogen-bond acceptors (Lipinski definition) is 2. The molecule has 108 valence electrons. The van der Waals surface area contributed by atoms with Crippen molar-refractivity contribution in [2.24, 2.45) is 0 Å². The van der Waals surface area contributed by atoms with Gasteiger partial charge in [0.15, 0.2) is 0 Å². The molecule has 0 saturated carbocycles. The molecular weight excluding hydrogens is 268 g/mol. The Kier molecular flexibility index (Phi) is 7.89. The molecule has 2 rings (SSSR count). The summed E-state index contributed by atoms with van der Waals surface area (Å²) in [7, 11) is 0. The standard InChI is InChI=1S/C9H13N.C8H10ClN/c1-3-4-9-6-5-8(2)10-7-9;1-2-3-7-4-5-10-6-8(7)9/h5-7H,3-4H2,1-2H3;4-6H,2-3H2,1H3. The highest BCUT2D eigenvalue weighted by molar-refractivity contribution is 6.31. The summed E-state index contributed by atoms with van der Waals surface area (Å²) in [5.74, 6) is 0. The second-order valence-corrected chi connectivity index (χ2v) is 5.18. The first-order valence-corrected chi connectivity index (χ1v) is 7.55. The van der Waals surface area contributed by atoms with Crippen molar-refractivity contribution in [2.45, 2.75) is 46.5 Å². The number of hydrogen-bond donors (Lipinski definition) is 0. The Morgan fingerprint density at radius 2 is 1.75 bits per heavy atom. The first-order valence-electron chi connectivity index (χ1n) is 7.17. The quantitative estimate of drug-likeness (QED) is 0.789. The lowest BCUT2D eigenvalue weighted by atomic mass is 10.2. The summed E-state index contributed by atoms with van der Waals surface area (Å²) in [4.78, 5) is 8.09. The molecule has 2 heterocycles. The van der Waals surface area contributed by atoms with E-state index in [9.17, 15) is 0 Å². The third kappa shape index (κ3) is 6.16. The minimum absolute atomic E-state index is 0.782. The lowest BCUT2D eigenvalue weighted by Gasteiger charge is -1.98. The number of nitrogens with zero attached hydrogens (tertiary/aromatic N) is 2. The van der Waals surface area contributed by atoms with Crippen molar-refractivity contribution in [3.63, 3.8) is 0 Å². The van der Waals surface area contributed by atoms with Crippen molar-refractivity contribution in [1.82, 2.24) is 9.97 Å². The molecule has 20 heavy (non-hydrogen) atoms. The van der Waals surface area contributed by atoms with Gasteiger partial charge in [0.25, 0.3) is 0 Å². The number of aromatic nitrogens is 2. The molecule has 2 nitrogen and oxygen atoms in total. The van der Waals surface area contributed by atoms with Crippen LogP contribution in [0.5, 0.6) is 0 Å². The van der Waals surface area contributed by atoms with Crippen LogP contribution in [-0.2, 0) is 12.8 Å². The number of halogens is 1. The minimum atomic E-state index is 0.782. The fourth-order valence-electron chi connectivity index (χ4n) is 1.81. The van der Waals surface area contributed by atoms with Crippen LogP contribution in [0, 0.1) is 6.92 Å². The first kappa shape index (κ1) is 16.6. The number of aryl methyl sites for hydroxylation is 3. The molecular formula is C17H23ClN2. The van der Waals surface area contributed by atoms with Crippen LogP contribution in [0.1, 0.15) is 43.5 Å². The minimum Gasteiger partial charge on any atom is -0.263 e. The highest BCUT2D eigenvalue weighted by Gasteiger charge is 1.95. The van der Waals surface area contributed by atoms with E-state index in [1.165, 1.54) is 17.5 Å². The monoisotopic (exact) mass is 290 g/mol. The van der Waals surface area contributed by atoms with E-state index in [-0.39, 0.29) is 0 Å². The summed E-state index contributed by atoms with van der Waals surface area (Å²) < 4.78 is 0. The lowest BCUT2D eigenvalue weighted by Crippen LogP contribution is -1.85. The smallest absolute Gasteiger partial charge is 0.0621 e. The van der Waals surface area contributed by atoms with Crippen molar-refractivity contribution in [3.8, 4) is 0 Å². The van der Waals surface area contributed by atoms with Crippen LogP contribution in [0.3, 0.4) is 0 Å². The summed E-state index contributed by atoms with van der Waals surface area (Å²) in [6.45, 7) is 6.33. The van der Waals surface area contributed by atoms with E-state index in [4.69, 9.17) is 11.6 Å². The van der Waals surface area contributed by atoms with Gasteiger partial charge in [0.05, 0.1) is 5.02 Å². The van der Waals surface area contributed by atoms with Gasteiger partial charge in [-0.2, -0.15) is 0 Å². The molecule has 0 N–H and O–H groups in total. The largest absolute Gasteiger partial charge is 0.263 e. The summed E-state index contributed by atoms with van der Waals surface area (Å²) in [6.07, 6.45) is 9.94. The molecule has 3 heteroatoms. The zero-order chi connectivity index (χ0) is 14.8. The lowest BCUT2D eigenvalue weighted by molar-refractivity contribution is 0.910. The van der Waals surface area contributed by atoms with Crippen LogP contribution in [0.15, 0.2) is 36.8 Å². The van der Waals surface area contributed by atoms with Crippen molar-refractivity contribution in [3.05, 3.63) is 58.6 Å². The maximum Gasteiger partial charge on any atom is 0.0621 e. The predicted octanol–water partition coefficient (Wildman–Crippen LogP) is 5.03. The fourth-order valence-corrected chi connectivity index (χ4v) is 2.02. The van der Waals surface area contributed by atoms with Gasteiger partial charge in [0, 0.05) is 24.3 Å². The molecule has 0 radical (unpaired) electrons. The second-order valence-electron chi connectivity index (χ2n) is 4.77. The number of pyridine rings is 2. The molecule has 0 bridgehead atoms. The van der Waals surface area contributed by atoms with Gasteiger partial charge in [-0.05, 0) is 43.0 Å². The van der Waals surface area contributed by atoms with Crippen LogP contribution in [-0.4, -0.2) is 9.97 Å². The molecule has 0 fully saturated rings. The maximum absolute atomic E-state index is 5.84. The fraction of sp³-hybridized carbons (Fsp3) is 0.412. The van der Waals surface area contributed by atoms with E-state index in [1.807, 2.05) is 19.2 Å². The summed E-state index contributed by atoms with van der Waals surface area (Å²) in [5.41, 5.74) is 3.63. The van der Waals surface area contributed by atoms with Gasteiger partial charge >= 0.3 is 0 Å². The van der Waals surface area contributed by atoms with Gasteiger partial charge in [-0.3, -0.25) is 9.97 Å². The van der Waals surface area contributed by atoms with E-state index in [2.05, 4.69) is 35.9 Å². The zero-order valence-corrected chi connectivity index (χ0v) is 13.3. The third-order valence-electron chi connectivity index (χ3n) is 2.89. The van der Waals surface area contributed by atoms with Crippen LogP contribution in [0.2, 0.25) is 5.02 Å². The Bertz CT molecular complexity index is 495. The Labute approximate surface area is 127 Å². The van der Waals surface area contributed by atoms with Crippen LogP contribution >= 0.6 is 11.6 Å². The van der Waals surface area contributed by atoms with Crippen molar-refractivity contribution in [2.75, 3.05) is 0 Å². The van der Waals surface area contributed by atoms with Crippen LogP contribution in [0.25, 0.3) is 0 Å². The van der Waals surface area contributed by atoms with E-state index < -0.39 is 0 Å². The maximum atomic E-state index is 5.84. The molecule has 0 aliphatic carbocycles. The van der Waals surface area contributed by atoms with E-state index >= 15 is 0 Å². The Morgan fingerprint density at radius 3 is 2.30 bits per heavy atom. The molecule has 0 amide bonds.